The zero-order chi connectivity index (χ0) is 15.2. The van der Waals surface area contributed by atoms with E-state index in [0.29, 0.717) is 6.04 Å². The van der Waals surface area contributed by atoms with Crippen molar-refractivity contribution in [1.29, 1.82) is 0 Å². The Morgan fingerprint density at radius 1 is 1.29 bits per heavy atom. The first-order valence-corrected chi connectivity index (χ1v) is 9.05. The van der Waals surface area contributed by atoms with Gasteiger partial charge < -0.3 is 10.2 Å². The molecule has 0 radical (unpaired) electrons. The van der Waals surface area contributed by atoms with E-state index in [0.717, 1.165) is 26.1 Å². The fourth-order valence-corrected chi connectivity index (χ4v) is 4.16. The second-order valence-electron chi connectivity index (χ2n) is 6.06. The van der Waals surface area contributed by atoms with Gasteiger partial charge in [0.1, 0.15) is 5.01 Å². The minimum Gasteiger partial charge on any atom is -0.312 e. The molecule has 4 nitrogen and oxygen atoms in total. The van der Waals surface area contributed by atoms with Gasteiger partial charge in [0.25, 0.3) is 0 Å². The largest absolute Gasteiger partial charge is 0.312 e. The lowest BCUT2D eigenvalue weighted by Crippen LogP contribution is -2.30. The van der Waals surface area contributed by atoms with Gasteiger partial charge in [-0.2, -0.15) is 0 Å². The summed E-state index contributed by atoms with van der Waals surface area (Å²) in [5.41, 5.74) is 1.29. The highest BCUT2D eigenvalue weighted by molar-refractivity contribution is 7.11. The molecular weight excluding hydrogens is 280 g/mol. The molecule has 1 aromatic heterocycles. The Morgan fingerprint density at radius 2 is 2.10 bits per heavy atom. The van der Waals surface area contributed by atoms with Crippen molar-refractivity contribution in [3.05, 3.63) is 15.6 Å². The van der Waals surface area contributed by atoms with E-state index in [2.05, 4.69) is 43.1 Å². The van der Waals surface area contributed by atoms with Crippen LogP contribution in [0.4, 0.5) is 0 Å². The maximum Gasteiger partial charge on any atom is 0.112 e. The molecule has 21 heavy (non-hydrogen) atoms. The maximum atomic E-state index is 4.97. The molecule has 1 atom stereocenters. The van der Waals surface area contributed by atoms with Crippen molar-refractivity contribution in [2.45, 2.75) is 45.7 Å². The number of nitrogens with one attached hydrogen (secondary N) is 1. The second-order valence-corrected chi connectivity index (χ2v) is 7.18. The summed E-state index contributed by atoms with van der Waals surface area (Å²) in [6, 6.07) is 0.452. The lowest BCUT2D eigenvalue weighted by Gasteiger charge is -2.25. The van der Waals surface area contributed by atoms with Crippen LogP contribution >= 0.6 is 11.3 Å². The van der Waals surface area contributed by atoms with Gasteiger partial charge in [-0.15, -0.1) is 11.3 Å². The maximum absolute atomic E-state index is 4.97. The Labute approximate surface area is 133 Å². The molecule has 0 amide bonds. The summed E-state index contributed by atoms with van der Waals surface area (Å²) in [6.45, 7) is 9.93. The number of hydrogen-bond donors (Lipinski definition) is 1. The Morgan fingerprint density at radius 3 is 2.81 bits per heavy atom. The molecule has 1 unspecified atom stereocenters. The van der Waals surface area contributed by atoms with E-state index in [1.807, 2.05) is 11.3 Å². The first-order valence-electron chi connectivity index (χ1n) is 8.23. The van der Waals surface area contributed by atoms with Gasteiger partial charge in [0.15, 0.2) is 0 Å². The van der Waals surface area contributed by atoms with Gasteiger partial charge in [-0.25, -0.2) is 4.98 Å². The predicted molar refractivity (Wildman–Crippen MR) is 91.0 cm³/mol. The van der Waals surface area contributed by atoms with Crippen molar-refractivity contribution in [1.82, 2.24) is 20.1 Å². The molecule has 2 rings (SSSR count). The van der Waals surface area contributed by atoms with Crippen molar-refractivity contribution in [2.75, 3.05) is 40.3 Å². The number of likely N-dealkylation sites (N-methyl/N-ethyl adjacent to an activating group) is 2. The third kappa shape index (κ3) is 4.49. The van der Waals surface area contributed by atoms with Crippen molar-refractivity contribution in [3.8, 4) is 0 Å². The smallest absolute Gasteiger partial charge is 0.112 e. The van der Waals surface area contributed by atoms with E-state index >= 15 is 0 Å². The van der Waals surface area contributed by atoms with Crippen molar-refractivity contribution in [2.24, 2.45) is 0 Å². The van der Waals surface area contributed by atoms with Crippen LogP contribution in [-0.2, 0) is 13.0 Å². The molecule has 0 aromatic carbocycles. The normalized spacial score (nSPS) is 21.6. The molecule has 120 valence electrons. The third-order valence-corrected chi connectivity index (χ3v) is 5.39. The van der Waals surface area contributed by atoms with Crippen LogP contribution in [0.1, 0.15) is 48.3 Å². The van der Waals surface area contributed by atoms with E-state index in [-0.39, 0.29) is 0 Å². The zero-order valence-electron chi connectivity index (χ0n) is 14.0. The molecule has 0 bridgehead atoms. The fourth-order valence-electron chi connectivity index (χ4n) is 2.88. The molecule has 1 fully saturated rings. The van der Waals surface area contributed by atoms with E-state index in [9.17, 15) is 0 Å². The van der Waals surface area contributed by atoms with Crippen LogP contribution in [0.25, 0.3) is 0 Å². The van der Waals surface area contributed by atoms with Crippen molar-refractivity contribution < 1.29 is 0 Å². The average Bonchev–Trinajstić information content (AvgIpc) is 2.79. The molecule has 0 saturated carbocycles. The van der Waals surface area contributed by atoms with Gasteiger partial charge in [0, 0.05) is 18.0 Å². The zero-order valence-corrected chi connectivity index (χ0v) is 14.8. The molecule has 1 aromatic rings. The summed E-state index contributed by atoms with van der Waals surface area (Å²) < 4.78 is 0. The molecule has 1 N–H and O–H groups in total. The van der Waals surface area contributed by atoms with Crippen molar-refractivity contribution in [3.63, 3.8) is 0 Å². The predicted octanol–water partition coefficient (Wildman–Crippen LogP) is 2.51. The minimum absolute atomic E-state index is 0.452. The molecule has 0 spiro atoms. The van der Waals surface area contributed by atoms with E-state index in [4.69, 9.17) is 4.98 Å². The van der Waals surface area contributed by atoms with Crippen LogP contribution in [0.15, 0.2) is 0 Å². The number of rotatable bonds is 6. The SMILES string of the molecule is CCCNCc1sc(C2CN(C)CCCN2C)nc1CC. The summed E-state index contributed by atoms with van der Waals surface area (Å²) in [5.74, 6) is 0. The second kappa shape index (κ2) is 8.22. The van der Waals surface area contributed by atoms with Crippen LogP contribution in [-0.4, -0.2) is 55.1 Å². The minimum atomic E-state index is 0.452. The highest BCUT2D eigenvalue weighted by Gasteiger charge is 2.25. The van der Waals surface area contributed by atoms with Gasteiger partial charge in [-0.05, 0) is 53.0 Å². The number of hydrogen-bond acceptors (Lipinski definition) is 5. The Kier molecular flexibility index (Phi) is 6.61. The topological polar surface area (TPSA) is 31.4 Å². The molecule has 0 aliphatic carbocycles. The highest BCUT2D eigenvalue weighted by atomic mass is 32.1. The molecule has 1 saturated heterocycles. The van der Waals surface area contributed by atoms with Gasteiger partial charge in [0.05, 0.1) is 11.7 Å². The molecular formula is C16H30N4S. The Hall–Kier alpha value is -0.490. The number of aromatic nitrogens is 1. The summed E-state index contributed by atoms with van der Waals surface area (Å²) in [4.78, 5) is 11.3. The summed E-state index contributed by atoms with van der Waals surface area (Å²) in [6.07, 6.45) is 3.47. The lowest BCUT2D eigenvalue weighted by atomic mass is 10.2. The first-order chi connectivity index (χ1) is 10.2. The molecule has 1 aliphatic rings. The van der Waals surface area contributed by atoms with Crippen LogP contribution in [0.5, 0.6) is 0 Å². The van der Waals surface area contributed by atoms with E-state index in [1.54, 1.807) is 0 Å². The van der Waals surface area contributed by atoms with Crippen molar-refractivity contribution >= 4 is 11.3 Å². The summed E-state index contributed by atoms with van der Waals surface area (Å²) in [7, 11) is 4.47. The Bertz CT molecular complexity index is 432. The third-order valence-electron chi connectivity index (χ3n) is 4.19. The number of nitrogens with zero attached hydrogens (tertiary/aromatic N) is 3. The van der Waals surface area contributed by atoms with E-state index in [1.165, 1.54) is 41.5 Å². The van der Waals surface area contributed by atoms with Gasteiger partial charge in [-0.3, -0.25) is 4.90 Å². The number of aryl methyl sites for hydroxylation is 1. The fraction of sp³-hybridized carbons (Fsp3) is 0.812. The van der Waals surface area contributed by atoms with E-state index < -0.39 is 0 Å². The Balaban J connectivity index is 2.14. The lowest BCUT2D eigenvalue weighted by molar-refractivity contribution is 0.228. The van der Waals surface area contributed by atoms with Gasteiger partial charge >= 0.3 is 0 Å². The summed E-state index contributed by atoms with van der Waals surface area (Å²) in [5, 5.41) is 4.82. The molecule has 2 heterocycles. The molecule has 5 heteroatoms. The number of thiazole rings is 1. The average molecular weight is 311 g/mol. The molecule has 1 aliphatic heterocycles. The van der Waals surface area contributed by atoms with Crippen LogP contribution in [0.2, 0.25) is 0 Å². The standard InChI is InChI=1S/C16H30N4S/c1-5-8-17-11-15-13(6-2)18-16(21-15)14-12-19(3)9-7-10-20(14)4/h14,17H,5-12H2,1-4H3. The van der Waals surface area contributed by atoms with Crippen LogP contribution in [0, 0.1) is 0 Å². The van der Waals surface area contributed by atoms with Crippen LogP contribution < -0.4 is 5.32 Å². The highest BCUT2D eigenvalue weighted by Crippen LogP contribution is 2.29. The van der Waals surface area contributed by atoms with Gasteiger partial charge in [-0.1, -0.05) is 13.8 Å². The first kappa shape index (κ1) is 16.9. The monoisotopic (exact) mass is 310 g/mol. The van der Waals surface area contributed by atoms with Gasteiger partial charge in [0.2, 0.25) is 0 Å². The summed E-state index contributed by atoms with van der Waals surface area (Å²) >= 11 is 1.91. The van der Waals surface area contributed by atoms with Crippen LogP contribution in [0.3, 0.4) is 0 Å². The quantitative estimate of drug-likeness (QED) is 0.818.